The highest BCUT2D eigenvalue weighted by Gasteiger charge is 2.59. The summed E-state index contributed by atoms with van der Waals surface area (Å²) in [4.78, 5) is 35.0. The molecule has 2 fully saturated rings. The molecule has 6 atom stereocenters. The highest BCUT2D eigenvalue weighted by Crippen LogP contribution is 2.33. The van der Waals surface area contributed by atoms with Gasteiger partial charge in [0.05, 0.1) is 0 Å². The first kappa shape index (κ1) is 19.1. The average Bonchev–Trinajstić information content (AvgIpc) is 2.94. The van der Waals surface area contributed by atoms with Gasteiger partial charge in [0, 0.05) is 21.0 Å². The van der Waals surface area contributed by atoms with Crippen LogP contribution >= 0.6 is 0 Å². The molecule has 27 heavy (non-hydrogen) atoms. The Labute approximate surface area is 155 Å². The SMILES string of the molecule is CO[C@H]1O[C@H]([C@H]2NC(=O)[C@H]2Oc2ccccc2)[C@H](OC(C)=O)[C@H]1OC(C)=O. The number of hydrogen-bond donors (Lipinski definition) is 1. The van der Waals surface area contributed by atoms with Crippen molar-refractivity contribution in [3.8, 4) is 5.75 Å². The van der Waals surface area contributed by atoms with E-state index < -0.39 is 48.7 Å². The van der Waals surface area contributed by atoms with Gasteiger partial charge in [0.25, 0.3) is 5.91 Å². The molecule has 0 aromatic heterocycles. The summed E-state index contributed by atoms with van der Waals surface area (Å²) in [6, 6.07) is 8.23. The zero-order valence-electron chi connectivity index (χ0n) is 15.1. The summed E-state index contributed by atoms with van der Waals surface area (Å²) in [7, 11) is 1.38. The number of ether oxygens (including phenoxy) is 5. The number of rotatable bonds is 6. The van der Waals surface area contributed by atoms with Gasteiger partial charge in [-0.1, -0.05) is 18.2 Å². The number of para-hydroxylation sites is 1. The molecule has 146 valence electrons. The fourth-order valence-corrected chi connectivity index (χ4v) is 3.19. The van der Waals surface area contributed by atoms with Crippen molar-refractivity contribution in [2.45, 2.75) is 50.6 Å². The largest absolute Gasteiger partial charge is 0.478 e. The molecular formula is C18H21NO8. The molecule has 1 aromatic carbocycles. The van der Waals surface area contributed by atoms with Crippen LogP contribution in [0, 0.1) is 0 Å². The number of hydrogen-bond acceptors (Lipinski definition) is 8. The van der Waals surface area contributed by atoms with Crippen LogP contribution in [0.4, 0.5) is 0 Å². The molecule has 1 aromatic rings. The third-order valence-electron chi connectivity index (χ3n) is 4.30. The Morgan fingerprint density at radius 2 is 1.67 bits per heavy atom. The van der Waals surface area contributed by atoms with E-state index in [0.717, 1.165) is 0 Å². The van der Waals surface area contributed by atoms with Crippen LogP contribution in [-0.4, -0.2) is 61.7 Å². The van der Waals surface area contributed by atoms with Gasteiger partial charge in [0.2, 0.25) is 0 Å². The fraction of sp³-hybridized carbons (Fsp3) is 0.500. The van der Waals surface area contributed by atoms with E-state index in [1.165, 1.54) is 21.0 Å². The summed E-state index contributed by atoms with van der Waals surface area (Å²) < 4.78 is 27.3. The highest BCUT2D eigenvalue weighted by atomic mass is 16.7. The molecule has 3 rings (SSSR count). The number of methoxy groups -OCH3 is 1. The van der Waals surface area contributed by atoms with Crippen LogP contribution in [0.5, 0.6) is 5.75 Å². The standard InChI is InChI=1S/C18H21NO8/c1-9(20)24-15-13(27-18(23-3)16(15)25-10(2)21)12-14(17(22)19-12)26-11-7-5-4-6-8-11/h4-8,12-16,18H,1-3H3,(H,19,22)/t12-,13-,14+,15+,16-,18+/m1/s1. The summed E-state index contributed by atoms with van der Waals surface area (Å²) in [6.45, 7) is 2.47. The maximum Gasteiger partial charge on any atom is 0.303 e. The van der Waals surface area contributed by atoms with Crippen LogP contribution in [0.3, 0.4) is 0 Å². The Morgan fingerprint density at radius 1 is 1.04 bits per heavy atom. The van der Waals surface area contributed by atoms with Crippen molar-refractivity contribution in [1.29, 1.82) is 0 Å². The molecule has 1 amide bonds. The quantitative estimate of drug-likeness (QED) is 0.550. The molecular weight excluding hydrogens is 358 g/mol. The lowest BCUT2D eigenvalue weighted by Crippen LogP contribution is -2.71. The predicted octanol–water partition coefficient (Wildman–Crippen LogP) is 0.167. The van der Waals surface area contributed by atoms with Crippen molar-refractivity contribution in [3.63, 3.8) is 0 Å². The molecule has 2 saturated heterocycles. The minimum Gasteiger partial charge on any atom is -0.478 e. The van der Waals surface area contributed by atoms with Crippen LogP contribution in [0.15, 0.2) is 30.3 Å². The Bertz CT molecular complexity index is 709. The van der Waals surface area contributed by atoms with E-state index in [9.17, 15) is 14.4 Å². The lowest BCUT2D eigenvalue weighted by atomic mass is 9.92. The average molecular weight is 379 g/mol. The van der Waals surface area contributed by atoms with E-state index in [1.54, 1.807) is 24.3 Å². The minimum atomic E-state index is -0.962. The first-order chi connectivity index (χ1) is 12.9. The molecule has 9 nitrogen and oxygen atoms in total. The maximum atomic E-state index is 12.0. The van der Waals surface area contributed by atoms with E-state index in [2.05, 4.69) is 5.32 Å². The van der Waals surface area contributed by atoms with Gasteiger partial charge in [0.15, 0.2) is 24.6 Å². The molecule has 9 heteroatoms. The van der Waals surface area contributed by atoms with Crippen molar-refractivity contribution in [3.05, 3.63) is 30.3 Å². The number of esters is 2. The van der Waals surface area contributed by atoms with Gasteiger partial charge < -0.3 is 29.0 Å². The lowest BCUT2D eigenvalue weighted by molar-refractivity contribution is -0.183. The number of carbonyl (C=O) groups excluding carboxylic acids is 3. The van der Waals surface area contributed by atoms with E-state index in [4.69, 9.17) is 23.7 Å². The van der Waals surface area contributed by atoms with Crippen molar-refractivity contribution in [2.24, 2.45) is 0 Å². The van der Waals surface area contributed by atoms with Crippen molar-refractivity contribution in [2.75, 3.05) is 7.11 Å². The molecule has 0 aliphatic carbocycles. The van der Waals surface area contributed by atoms with Crippen molar-refractivity contribution < 1.29 is 38.1 Å². The Kier molecular flexibility index (Phi) is 5.62. The number of nitrogens with one attached hydrogen (secondary N) is 1. The second-order valence-electron chi connectivity index (χ2n) is 6.24. The van der Waals surface area contributed by atoms with Crippen LogP contribution in [0.2, 0.25) is 0 Å². The Morgan fingerprint density at radius 3 is 2.22 bits per heavy atom. The second kappa shape index (κ2) is 7.93. The van der Waals surface area contributed by atoms with Crippen LogP contribution in [0.1, 0.15) is 13.8 Å². The number of amides is 1. The first-order valence-electron chi connectivity index (χ1n) is 8.45. The summed E-state index contributed by atoms with van der Waals surface area (Å²) in [5.74, 6) is -0.949. The van der Waals surface area contributed by atoms with Gasteiger partial charge in [-0.15, -0.1) is 0 Å². The summed E-state index contributed by atoms with van der Waals surface area (Å²) in [5, 5.41) is 2.70. The molecule has 0 spiro atoms. The highest BCUT2D eigenvalue weighted by molar-refractivity contribution is 5.89. The van der Waals surface area contributed by atoms with Crippen LogP contribution < -0.4 is 10.1 Å². The fourth-order valence-electron chi connectivity index (χ4n) is 3.19. The van der Waals surface area contributed by atoms with E-state index in [0.29, 0.717) is 5.75 Å². The minimum absolute atomic E-state index is 0.320. The van der Waals surface area contributed by atoms with E-state index in [1.807, 2.05) is 6.07 Å². The van der Waals surface area contributed by atoms with E-state index >= 15 is 0 Å². The Balaban J connectivity index is 1.80. The monoisotopic (exact) mass is 379 g/mol. The predicted molar refractivity (Wildman–Crippen MR) is 89.6 cm³/mol. The lowest BCUT2D eigenvalue weighted by Gasteiger charge is -2.40. The van der Waals surface area contributed by atoms with Gasteiger partial charge in [0.1, 0.15) is 17.9 Å². The number of benzene rings is 1. The Hall–Kier alpha value is -2.65. The number of β-lactam (4-membered cyclic amide) rings is 1. The van der Waals surface area contributed by atoms with Gasteiger partial charge in [-0.25, -0.2) is 0 Å². The van der Waals surface area contributed by atoms with Gasteiger partial charge in [-0.3, -0.25) is 14.4 Å². The normalized spacial score (nSPS) is 32.2. The smallest absolute Gasteiger partial charge is 0.303 e. The number of carbonyl (C=O) groups is 3. The molecule has 2 heterocycles. The zero-order chi connectivity index (χ0) is 19.6. The second-order valence-corrected chi connectivity index (χ2v) is 6.24. The summed E-state index contributed by atoms with van der Waals surface area (Å²) in [5.41, 5.74) is 0. The third-order valence-corrected chi connectivity index (χ3v) is 4.30. The maximum absolute atomic E-state index is 12.0. The topological polar surface area (TPSA) is 109 Å². The van der Waals surface area contributed by atoms with Crippen LogP contribution in [0.25, 0.3) is 0 Å². The molecule has 2 aliphatic heterocycles. The van der Waals surface area contributed by atoms with Crippen molar-refractivity contribution >= 4 is 17.8 Å². The zero-order valence-corrected chi connectivity index (χ0v) is 15.1. The molecule has 2 aliphatic rings. The third kappa shape index (κ3) is 4.04. The summed E-state index contributed by atoms with van der Waals surface area (Å²) >= 11 is 0. The van der Waals surface area contributed by atoms with Crippen molar-refractivity contribution in [1.82, 2.24) is 5.32 Å². The van der Waals surface area contributed by atoms with Crippen LogP contribution in [-0.2, 0) is 33.3 Å². The molecule has 0 unspecified atom stereocenters. The molecule has 0 bridgehead atoms. The van der Waals surface area contributed by atoms with Gasteiger partial charge in [-0.05, 0) is 12.1 Å². The van der Waals surface area contributed by atoms with Gasteiger partial charge in [-0.2, -0.15) is 0 Å². The summed E-state index contributed by atoms with van der Waals surface area (Å²) in [6.07, 6.45) is -4.52. The molecule has 0 saturated carbocycles. The van der Waals surface area contributed by atoms with Gasteiger partial charge >= 0.3 is 11.9 Å². The molecule has 0 radical (unpaired) electrons. The molecule has 1 N–H and O–H groups in total. The van der Waals surface area contributed by atoms with E-state index in [-0.39, 0.29) is 5.91 Å². The first-order valence-corrected chi connectivity index (χ1v) is 8.45.